The second kappa shape index (κ2) is 9.74. The molecule has 3 aromatic rings. The average molecular weight is 483 g/mol. The van der Waals surface area contributed by atoms with Crippen molar-refractivity contribution < 1.29 is 30.4 Å². The van der Waals surface area contributed by atoms with Crippen molar-refractivity contribution in [1.29, 1.82) is 0 Å². The molecule has 0 unspecified atom stereocenters. The van der Waals surface area contributed by atoms with E-state index in [0.29, 0.717) is 11.1 Å². The van der Waals surface area contributed by atoms with Gasteiger partial charge in [0.05, 0.1) is 12.0 Å². The predicted molar refractivity (Wildman–Crippen MR) is 114 cm³/mol. The number of hydrogen-bond donors (Lipinski definition) is 2. The highest BCUT2D eigenvalue weighted by Gasteiger charge is 2.24. The molecule has 0 aliphatic rings. The highest BCUT2D eigenvalue weighted by molar-refractivity contribution is 7.90. The van der Waals surface area contributed by atoms with Gasteiger partial charge in [0.1, 0.15) is 22.3 Å². The first kappa shape index (κ1) is 23.8. The highest BCUT2D eigenvalue weighted by Crippen LogP contribution is 2.27. The Morgan fingerprint density at radius 1 is 0.719 bits per heavy atom. The fraction of sp³-hybridized carbons (Fsp3) is 0.143. The molecule has 0 heterocycles. The largest absolute Gasteiger partial charge is 0.495 e. The van der Waals surface area contributed by atoms with E-state index in [2.05, 4.69) is 9.44 Å². The number of methoxy groups -OCH3 is 1. The Balaban J connectivity index is 1.83. The molecule has 0 fully saturated rings. The molecule has 0 amide bonds. The first-order chi connectivity index (χ1) is 15.1. The summed E-state index contributed by atoms with van der Waals surface area (Å²) < 4.78 is 86.9. The smallest absolute Gasteiger partial charge is 0.244 e. The van der Waals surface area contributed by atoms with Crippen LogP contribution in [0.15, 0.2) is 76.5 Å². The summed E-state index contributed by atoms with van der Waals surface area (Å²) >= 11 is 0. The van der Waals surface area contributed by atoms with Gasteiger partial charge in [-0.05, 0) is 53.6 Å². The van der Waals surface area contributed by atoms with Crippen molar-refractivity contribution in [1.82, 2.24) is 9.44 Å². The van der Waals surface area contributed by atoms with Crippen molar-refractivity contribution in [2.24, 2.45) is 0 Å². The second-order valence-electron chi connectivity index (χ2n) is 6.71. The average Bonchev–Trinajstić information content (AvgIpc) is 2.78. The lowest BCUT2D eigenvalue weighted by Gasteiger charge is -2.13. The topological polar surface area (TPSA) is 102 Å². The second-order valence-corrected chi connectivity index (χ2v) is 10.2. The van der Waals surface area contributed by atoms with Gasteiger partial charge in [-0.25, -0.2) is 35.1 Å². The molecule has 170 valence electrons. The van der Waals surface area contributed by atoms with Crippen molar-refractivity contribution in [2.45, 2.75) is 22.9 Å². The van der Waals surface area contributed by atoms with Crippen molar-refractivity contribution in [3.05, 3.63) is 89.5 Å². The third-order valence-electron chi connectivity index (χ3n) is 4.49. The minimum Gasteiger partial charge on any atom is -0.495 e. The number of halogens is 2. The Labute approximate surface area is 185 Å². The summed E-state index contributed by atoms with van der Waals surface area (Å²) in [5.74, 6) is -0.951. The molecule has 2 N–H and O–H groups in total. The monoisotopic (exact) mass is 482 g/mol. The number of nitrogens with one attached hydrogen (secondary N) is 2. The molecule has 0 radical (unpaired) electrons. The zero-order valence-electron chi connectivity index (χ0n) is 16.9. The van der Waals surface area contributed by atoms with Crippen LogP contribution in [0, 0.1) is 11.6 Å². The fourth-order valence-electron chi connectivity index (χ4n) is 2.76. The molecule has 0 saturated heterocycles. The lowest BCUT2D eigenvalue weighted by atomic mass is 10.2. The van der Waals surface area contributed by atoms with Gasteiger partial charge in [-0.15, -0.1) is 0 Å². The Bertz CT molecular complexity index is 1300. The zero-order valence-corrected chi connectivity index (χ0v) is 18.5. The fourth-order valence-corrected chi connectivity index (χ4v) is 5.09. The quantitative estimate of drug-likeness (QED) is 0.488. The van der Waals surface area contributed by atoms with Crippen LogP contribution in [0.2, 0.25) is 0 Å². The van der Waals surface area contributed by atoms with E-state index in [1.807, 2.05) is 0 Å². The maximum absolute atomic E-state index is 13.0. The molecule has 3 rings (SSSR count). The number of rotatable bonds is 9. The van der Waals surface area contributed by atoms with Gasteiger partial charge in [-0.1, -0.05) is 24.3 Å². The Morgan fingerprint density at radius 2 is 1.19 bits per heavy atom. The van der Waals surface area contributed by atoms with E-state index in [-0.39, 0.29) is 28.6 Å². The first-order valence-electron chi connectivity index (χ1n) is 9.27. The van der Waals surface area contributed by atoms with Gasteiger partial charge in [-0.3, -0.25) is 0 Å². The number of benzene rings is 3. The van der Waals surface area contributed by atoms with Crippen molar-refractivity contribution in [2.75, 3.05) is 7.11 Å². The van der Waals surface area contributed by atoms with Crippen molar-refractivity contribution in [3.8, 4) is 5.75 Å². The minimum absolute atomic E-state index is 0.0471. The molecule has 0 aliphatic heterocycles. The molecular weight excluding hydrogens is 462 g/mol. The molecule has 0 aliphatic carbocycles. The van der Waals surface area contributed by atoms with Crippen LogP contribution in [0.25, 0.3) is 0 Å². The molecule has 32 heavy (non-hydrogen) atoms. The number of hydrogen-bond acceptors (Lipinski definition) is 5. The molecule has 0 spiro atoms. The summed E-state index contributed by atoms with van der Waals surface area (Å²) in [5, 5.41) is 0. The zero-order chi connectivity index (χ0) is 23.4. The number of sulfonamides is 2. The molecule has 0 saturated carbocycles. The molecule has 3 aromatic carbocycles. The summed E-state index contributed by atoms with van der Waals surface area (Å²) in [4.78, 5) is -0.658. The minimum atomic E-state index is -4.17. The maximum Gasteiger partial charge on any atom is 0.244 e. The summed E-state index contributed by atoms with van der Waals surface area (Å²) in [6.07, 6.45) is 0. The third-order valence-corrected chi connectivity index (χ3v) is 7.32. The van der Waals surface area contributed by atoms with E-state index in [0.717, 1.165) is 6.07 Å². The molecular formula is C21H20F2N2O5S2. The van der Waals surface area contributed by atoms with Gasteiger partial charge in [0.2, 0.25) is 20.0 Å². The van der Waals surface area contributed by atoms with Gasteiger partial charge >= 0.3 is 0 Å². The summed E-state index contributed by atoms with van der Waals surface area (Å²) in [6.45, 7) is -0.245. The van der Waals surface area contributed by atoms with Crippen LogP contribution in [0.5, 0.6) is 5.75 Å². The van der Waals surface area contributed by atoms with Crippen LogP contribution in [-0.4, -0.2) is 23.9 Å². The standard InChI is InChI=1S/C21H20F2N2O5S2/c1-30-20-11-10-19(31(26,27)24-13-15-2-6-17(22)7-3-15)12-21(20)32(28,29)25-14-16-4-8-18(23)9-5-16/h2-12,24-25H,13-14H2,1H3. The van der Waals surface area contributed by atoms with Crippen LogP contribution in [0.4, 0.5) is 8.78 Å². The van der Waals surface area contributed by atoms with Gasteiger partial charge in [-0.2, -0.15) is 0 Å². The van der Waals surface area contributed by atoms with E-state index in [1.165, 1.54) is 67.8 Å². The van der Waals surface area contributed by atoms with E-state index in [9.17, 15) is 25.6 Å². The van der Waals surface area contributed by atoms with E-state index in [1.54, 1.807) is 0 Å². The van der Waals surface area contributed by atoms with Gasteiger partial charge < -0.3 is 4.74 Å². The molecule has 7 nitrogen and oxygen atoms in total. The molecule has 0 bridgehead atoms. The van der Waals surface area contributed by atoms with Crippen LogP contribution in [0.3, 0.4) is 0 Å². The lowest BCUT2D eigenvalue weighted by Crippen LogP contribution is -2.26. The highest BCUT2D eigenvalue weighted by atomic mass is 32.2. The lowest BCUT2D eigenvalue weighted by molar-refractivity contribution is 0.401. The van der Waals surface area contributed by atoms with Crippen LogP contribution >= 0.6 is 0 Å². The van der Waals surface area contributed by atoms with Crippen molar-refractivity contribution >= 4 is 20.0 Å². The van der Waals surface area contributed by atoms with E-state index in [4.69, 9.17) is 4.74 Å². The van der Waals surface area contributed by atoms with Crippen LogP contribution < -0.4 is 14.2 Å². The van der Waals surface area contributed by atoms with Crippen LogP contribution in [-0.2, 0) is 33.1 Å². The van der Waals surface area contributed by atoms with Crippen molar-refractivity contribution in [3.63, 3.8) is 0 Å². The normalized spacial score (nSPS) is 12.0. The Kier molecular flexibility index (Phi) is 7.24. The van der Waals surface area contributed by atoms with Gasteiger partial charge in [0.25, 0.3) is 0 Å². The molecule has 0 atom stereocenters. The van der Waals surface area contributed by atoms with E-state index < -0.39 is 31.7 Å². The predicted octanol–water partition coefficient (Wildman–Crippen LogP) is 2.93. The summed E-state index contributed by atoms with van der Waals surface area (Å²) in [6, 6.07) is 14.0. The van der Waals surface area contributed by atoms with E-state index >= 15 is 0 Å². The Hall–Kier alpha value is -2.86. The summed E-state index contributed by atoms with van der Waals surface area (Å²) in [7, 11) is -6.99. The van der Waals surface area contributed by atoms with Crippen LogP contribution in [0.1, 0.15) is 11.1 Å². The molecule has 11 heteroatoms. The SMILES string of the molecule is COc1ccc(S(=O)(=O)NCc2ccc(F)cc2)cc1S(=O)(=O)NCc1ccc(F)cc1. The summed E-state index contributed by atoms with van der Waals surface area (Å²) in [5.41, 5.74) is 1.04. The maximum atomic E-state index is 13.0. The van der Waals surface area contributed by atoms with Gasteiger partial charge in [0.15, 0.2) is 0 Å². The third kappa shape index (κ3) is 5.88. The van der Waals surface area contributed by atoms with Gasteiger partial charge in [0, 0.05) is 13.1 Å². The number of ether oxygens (including phenoxy) is 1. The first-order valence-corrected chi connectivity index (χ1v) is 12.2. The molecule has 0 aromatic heterocycles. The Morgan fingerprint density at radius 3 is 1.66 bits per heavy atom.